The fraction of sp³-hybridized carbons (Fsp3) is 0.550. The van der Waals surface area contributed by atoms with Crippen molar-refractivity contribution in [1.82, 2.24) is 19.7 Å². The van der Waals surface area contributed by atoms with Gasteiger partial charge in [0, 0.05) is 38.5 Å². The minimum Gasteiger partial charge on any atom is -0.384 e. The number of hydrogen-bond acceptors (Lipinski definition) is 4. The minimum absolute atomic E-state index is 0.0681. The SMILES string of the molecule is COCCc1nc(C2CC(=O)N(C3CCCC3)C2)n(-c2ccccc2F)n1. The van der Waals surface area contributed by atoms with Gasteiger partial charge in [-0.15, -0.1) is 0 Å². The monoisotopic (exact) mass is 372 g/mol. The molecule has 7 heteroatoms. The van der Waals surface area contributed by atoms with E-state index in [1.807, 2.05) is 4.90 Å². The van der Waals surface area contributed by atoms with Crippen LogP contribution in [0.2, 0.25) is 0 Å². The molecule has 2 aromatic rings. The molecule has 1 atom stereocenters. The molecule has 0 N–H and O–H groups in total. The van der Waals surface area contributed by atoms with E-state index in [9.17, 15) is 9.18 Å². The summed E-state index contributed by atoms with van der Waals surface area (Å²) in [7, 11) is 1.63. The third-order valence-electron chi connectivity index (χ3n) is 5.58. The van der Waals surface area contributed by atoms with Gasteiger partial charge in [0.25, 0.3) is 0 Å². The quantitative estimate of drug-likeness (QED) is 0.782. The Morgan fingerprint density at radius 1 is 1.26 bits per heavy atom. The number of carbonyl (C=O) groups is 1. The molecule has 2 fully saturated rings. The molecule has 1 unspecified atom stereocenters. The third kappa shape index (κ3) is 3.60. The highest BCUT2D eigenvalue weighted by Gasteiger charge is 2.38. The number of ether oxygens (including phenoxy) is 1. The Hall–Kier alpha value is -2.28. The highest BCUT2D eigenvalue weighted by molar-refractivity contribution is 5.80. The number of para-hydroxylation sites is 1. The second kappa shape index (κ2) is 7.76. The number of nitrogens with zero attached hydrogens (tertiary/aromatic N) is 4. The van der Waals surface area contributed by atoms with Crippen molar-refractivity contribution in [3.63, 3.8) is 0 Å². The topological polar surface area (TPSA) is 60.2 Å². The lowest BCUT2D eigenvalue weighted by Crippen LogP contribution is -2.34. The van der Waals surface area contributed by atoms with Gasteiger partial charge in [0.05, 0.1) is 6.61 Å². The Labute approximate surface area is 158 Å². The molecule has 1 aromatic heterocycles. The van der Waals surface area contributed by atoms with Gasteiger partial charge in [0.2, 0.25) is 5.91 Å². The van der Waals surface area contributed by atoms with Gasteiger partial charge in [-0.25, -0.2) is 14.1 Å². The average Bonchev–Trinajstić information content (AvgIpc) is 3.39. The Kier molecular flexibility index (Phi) is 5.20. The maximum absolute atomic E-state index is 14.4. The van der Waals surface area contributed by atoms with Crippen molar-refractivity contribution in [2.24, 2.45) is 0 Å². The molecule has 0 bridgehead atoms. The van der Waals surface area contributed by atoms with Crippen LogP contribution in [0.3, 0.4) is 0 Å². The first-order chi connectivity index (χ1) is 13.2. The number of likely N-dealkylation sites (tertiary alicyclic amines) is 1. The van der Waals surface area contributed by atoms with Crippen LogP contribution >= 0.6 is 0 Å². The molecule has 6 nitrogen and oxygen atoms in total. The third-order valence-corrected chi connectivity index (χ3v) is 5.58. The van der Waals surface area contributed by atoms with Crippen LogP contribution in [-0.4, -0.2) is 51.9 Å². The van der Waals surface area contributed by atoms with Gasteiger partial charge >= 0.3 is 0 Å². The lowest BCUT2D eigenvalue weighted by atomic mass is 10.1. The molecule has 1 aliphatic heterocycles. The van der Waals surface area contributed by atoms with Gasteiger partial charge in [0.1, 0.15) is 17.3 Å². The van der Waals surface area contributed by atoms with Crippen LogP contribution in [0.4, 0.5) is 4.39 Å². The molecule has 1 aliphatic carbocycles. The Balaban J connectivity index is 1.66. The molecule has 1 aromatic carbocycles. The molecule has 2 aliphatic rings. The van der Waals surface area contributed by atoms with Crippen molar-refractivity contribution in [3.05, 3.63) is 41.7 Å². The van der Waals surface area contributed by atoms with Crippen molar-refractivity contribution < 1.29 is 13.9 Å². The number of hydrogen-bond donors (Lipinski definition) is 0. The number of methoxy groups -OCH3 is 1. The Bertz CT molecular complexity index is 816. The highest BCUT2D eigenvalue weighted by atomic mass is 19.1. The number of benzene rings is 1. The first-order valence-electron chi connectivity index (χ1n) is 9.66. The van der Waals surface area contributed by atoms with Crippen molar-refractivity contribution in [2.45, 2.75) is 50.5 Å². The lowest BCUT2D eigenvalue weighted by Gasteiger charge is -2.24. The first kappa shape index (κ1) is 18.1. The standard InChI is InChI=1S/C20H25FN4O2/c1-27-11-10-18-22-20(25(23-18)17-9-5-4-8-16(17)21)14-12-19(26)24(13-14)15-6-2-3-7-15/h4-5,8-9,14-15H,2-3,6-7,10-13H2,1H3. The molecule has 0 radical (unpaired) electrons. The second-order valence-electron chi connectivity index (χ2n) is 7.38. The molecule has 2 heterocycles. The summed E-state index contributed by atoms with van der Waals surface area (Å²) in [6.07, 6.45) is 5.50. The van der Waals surface area contributed by atoms with Gasteiger partial charge in [0.15, 0.2) is 5.82 Å². The van der Waals surface area contributed by atoms with Crippen LogP contribution in [0.5, 0.6) is 0 Å². The summed E-state index contributed by atoms with van der Waals surface area (Å²) >= 11 is 0. The van der Waals surface area contributed by atoms with E-state index in [4.69, 9.17) is 4.74 Å². The van der Waals surface area contributed by atoms with Gasteiger partial charge in [-0.1, -0.05) is 25.0 Å². The van der Waals surface area contributed by atoms with Crippen molar-refractivity contribution >= 4 is 5.91 Å². The molecule has 4 rings (SSSR count). The van der Waals surface area contributed by atoms with Crippen LogP contribution in [0.25, 0.3) is 5.69 Å². The summed E-state index contributed by atoms with van der Waals surface area (Å²) in [5, 5.41) is 4.53. The summed E-state index contributed by atoms with van der Waals surface area (Å²) in [5.41, 5.74) is 0.371. The van der Waals surface area contributed by atoms with E-state index in [-0.39, 0.29) is 17.6 Å². The number of halogens is 1. The molecule has 0 spiro atoms. The van der Waals surface area contributed by atoms with E-state index in [1.54, 1.807) is 30.0 Å². The highest BCUT2D eigenvalue weighted by Crippen LogP contribution is 2.34. The molecule has 144 valence electrons. The number of rotatable bonds is 6. The molecule has 1 saturated heterocycles. The van der Waals surface area contributed by atoms with Crippen LogP contribution in [0.15, 0.2) is 24.3 Å². The maximum Gasteiger partial charge on any atom is 0.223 e. The van der Waals surface area contributed by atoms with Crippen molar-refractivity contribution in [3.8, 4) is 5.69 Å². The van der Waals surface area contributed by atoms with Gasteiger partial charge < -0.3 is 9.64 Å². The van der Waals surface area contributed by atoms with Gasteiger partial charge in [-0.05, 0) is 25.0 Å². The molecule has 1 saturated carbocycles. The average molecular weight is 372 g/mol. The molecular formula is C20H25FN4O2. The van der Waals surface area contributed by atoms with Gasteiger partial charge in [-0.2, -0.15) is 5.10 Å². The van der Waals surface area contributed by atoms with Crippen LogP contribution < -0.4 is 0 Å². The summed E-state index contributed by atoms with van der Waals surface area (Å²) in [5.74, 6) is 1.04. The summed E-state index contributed by atoms with van der Waals surface area (Å²) in [6.45, 7) is 1.14. The number of amides is 1. The predicted molar refractivity (Wildman–Crippen MR) is 98.2 cm³/mol. The van der Waals surface area contributed by atoms with Crippen LogP contribution in [0, 0.1) is 5.82 Å². The smallest absolute Gasteiger partial charge is 0.223 e. The largest absolute Gasteiger partial charge is 0.384 e. The molecule has 27 heavy (non-hydrogen) atoms. The fourth-order valence-electron chi connectivity index (χ4n) is 4.21. The van der Waals surface area contributed by atoms with E-state index in [1.165, 1.54) is 18.9 Å². The van der Waals surface area contributed by atoms with E-state index in [2.05, 4.69) is 10.1 Å². The summed E-state index contributed by atoms with van der Waals surface area (Å²) in [6, 6.07) is 6.89. The fourth-order valence-corrected chi connectivity index (χ4v) is 4.21. The Morgan fingerprint density at radius 2 is 2.04 bits per heavy atom. The van der Waals surface area contributed by atoms with E-state index in [0.29, 0.717) is 49.4 Å². The maximum atomic E-state index is 14.4. The second-order valence-corrected chi connectivity index (χ2v) is 7.38. The molecule has 1 amide bonds. The van der Waals surface area contributed by atoms with E-state index in [0.717, 1.165) is 12.8 Å². The number of carbonyl (C=O) groups excluding carboxylic acids is 1. The summed E-state index contributed by atoms with van der Waals surface area (Å²) < 4.78 is 21.1. The zero-order valence-electron chi connectivity index (χ0n) is 15.6. The van der Waals surface area contributed by atoms with E-state index < -0.39 is 0 Å². The molecular weight excluding hydrogens is 347 g/mol. The minimum atomic E-state index is -0.348. The predicted octanol–water partition coefficient (Wildman–Crippen LogP) is 2.85. The van der Waals surface area contributed by atoms with Crippen molar-refractivity contribution in [2.75, 3.05) is 20.3 Å². The zero-order chi connectivity index (χ0) is 18.8. The van der Waals surface area contributed by atoms with Crippen LogP contribution in [-0.2, 0) is 16.0 Å². The zero-order valence-corrected chi connectivity index (χ0v) is 15.6. The van der Waals surface area contributed by atoms with E-state index >= 15 is 0 Å². The first-order valence-corrected chi connectivity index (χ1v) is 9.66. The van der Waals surface area contributed by atoms with Crippen molar-refractivity contribution in [1.29, 1.82) is 0 Å². The van der Waals surface area contributed by atoms with Crippen LogP contribution in [0.1, 0.15) is 49.7 Å². The normalized spacial score (nSPS) is 20.7. The Morgan fingerprint density at radius 3 is 2.78 bits per heavy atom. The lowest BCUT2D eigenvalue weighted by molar-refractivity contribution is -0.129. The summed E-state index contributed by atoms with van der Waals surface area (Å²) in [4.78, 5) is 19.3. The van der Waals surface area contributed by atoms with Gasteiger partial charge in [-0.3, -0.25) is 4.79 Å². The number of aromatic nitrogens is 3.